The van der Waals surface area contributed by atoms with E-state index in [0.29, 0.717) is 15.2 Å². The summed E-state index contributed by atoms with van der Waals surface area (Å²) in [5.74, 6) is -0.0349. The van der Waals surface area contributed by atoms with Gasteiger partial charge in [-0.05, 0) is 37.5 Å². The monoisotopic (exact) mass is 340 g/mol. The largest absolute Gasteiger partial charge is 0.301 e. The first-order valence-electron chi connectivity index (χ1n) is 6.70. The molecular weight excluding hydrogens is 327 g/mol. The Morgan fingerprint density at radius 1 is 1.38 bits per heavy atom. The molecule has 1 aromatic carbocycles. The van der Waals surface area contributed by atoms with E-state index in [9.17, 15) is 4.79 Å². The molecule has 6 heteroatoms. The van der Waals surface area contributed by atoms with Gasteiger partial charge in [0.15, 0.2) is 5.13 Å². The standard InChI is InChI=1S/C15H14Cl2N2OS/c1-9-8-21-14(18-9)19-13(20)15(5-2-6-15)11-4-3-10(16)7-12(11)17/h3-4,7-8H,2,5-6H2,1H3,(H,18,19,20). The second-order valence-electron chi connectivity index (χ2n) is 5.31. The lowest BCUT2D eigenvalue weighted by molar-refractivity contribution is -0.124. The van der Waals surface area contributed by atoms with Crippen molar-refractivity contribution in [2.75, 3.05) is 5.32 Å². The highest BCUT2D eigenvalue weighted by molar-refractivity contribution is 7.13. The number of hydrogen-bond acceptors (Lipinski definition) is 3. The highest BCUT2D eigenvalue weighted by Crippen LogP contribution is 2.47. The third kappa shape index (κ3) is 2.68. The second kappa shape index (κ2) is 5.59. The molecule has 1 saturated carbocycles. The predicted octanol–water partition coefficient (Wildman–Crippen LogP) is 4.82. The van der Waals surface area contributed by atoms with Crippen LogP contribution in [0.4, 0.5) is 5.13 Å². The van der Waals surface area contributed by atoms with Crippen LogP contribution in [0, 0.1) is 6.92 Å². The highest BCUT2D eigenvalue weighted by Gasteiger charge is 2.47. The molecule has 0 unspecified atom stereocenters. The van der Waals surface area contributed by atoms with E-state index in [1.54, 1.807) is 12.1 Å². The third-order valence-corrected chi connectivity index (χ3v) is 5.35. The van der Waals surface area contributed by atoms with E-state index in [-0.39, 0.29) is 5.91 Å². The maximum Gasteiger partial charge on any atom is 0.236 e. The molecule has 0 saturated heterocycles. The Hall–Kier alpha value is -1.10. The number of amides is 1. The van der Waals surface area contributed by atoms with Crippen molar-refractivity contribution >= 4 is 45.6 Å². The number of anilines is 1. The summed E-state index contributed by atoms with van der Waals surface area (Å²) in [6.45, 7) is 1.90. The molecule has 0 aliphatic heterocycles. The number of thiazole rings is 1. The molecule has 1 heterocycles. The van der Waals surface area contributed by atoms with E-state index >= 15 is 0 Å². The summed E-state index contributed by atoms with van der Waals surface area (Å²) in [5.41, 5.74) is 1.20. The first-order valence-corrected chi connectivity index (χ1v) is 8.34. The number of carbonyl (C=O) groups is 1. The van der Waals surface area contributed by atoms with Gasteiger partial charge in [0.25, 0.3) is 0 Å². The Morgan fingerprint density at radius 2 is 2.14 bits per heavy atom. The molecule has 1 amide bonds. The van der Waals surface area contributed by atoms with E-state index < -0.39 is 5.41 Å². The van der Waals surface area contributed by atoms with Crippen LogP contribution >= 0.6 is 34.5 Å². The number of benzene rings is 1. The number of aromatic nitrogens is 1. The average molecular weight is 341 g/mol. The summed E-state index contributed by atoms with van der Waals surface area (Å²) >= 11 is 13.7. The van der Waals surface area contributed by atoms with Gasteiger partial charge in [0.05, 0.1) is 11.1 Å². The fraction of sp³-hybridized carbons (Fsp3) is 0.333. The molecule has 3 rings (SSSR count). The lowest BCUT2D eigenvalue weighted by atomic mass is 9.64. The fourth-order valence-corrected chi connectivity index (χ4v) is 3.93. The topological polar surface area (TPSA) is 42.0 Å². The van der Waals surface area contributed by atoms with E-state index in [2.05, 4.69) is 10.3 Å². The van der Waals surface area contributed by atoms with Crippen LogP contribution in [0.25, 0.3) is 0 Å². The van der Waals surface area contributed by atoms with Gasteiger partial charge in [-0.1, -0.05) is 35.7 Å². The minimum atomic E-state index is -0.554. The van der Waals surface area contributed by atoms with E-state index in [1.807, 2.05) is 18.4 Å². The predicted molar refractivity (Wildman–Crippen MR) is 87.5 cm³/mol. The Kier molecular flexibility index (Phi) is 3.95. The second-order valence-corrected chi connectivity index (χ2v) is 7.01. The summed E-state index contributed by atoms with van der Waals surface area (Å²) in [6.07, 6.45) is 2.61. The van der Waals surface area contributed by atoms with Crippen LogP contribution in [0.1, 0.15) is 30.5 Å². The molecule has 0 atom stereocenters. The molecule has 0 spiro atoms. The number of nitrogens with zero attached hydrogens (tertiary/aromatic N) is 1. The summed E-state index contributed by atoms with van der Waals surface area (Å²) in [6, 6.07) is 5.33. The van der Waals surface area contributed by atoms with Gasteiger partial charge in [0.2, 0.25) is 5.91 Å². The van der Waals surface area contributed by atoms with Gasteiger partial charge < -0.3 is 5.32 Å². The molecule has 0 radical (unpaired) electrons. The molecule has 1 fully saturated rings. The van der Waals surface area contributed by atoms with Crippen molar-refractivity contribution < 1.29 is 4.79 Å². The zero-order valence-electron chi connectivity index (χ0n) is 11.5. The summed E-state index contributed by atoms with van der Waals surface area (Å²) in [7, 11) is 0. The Balaban J connectivity index is 1.90. The molecular formula is C15H14Cl2N2OS. The number of hydrogen-bond donors (Lipinski definition) is 1. The quantitative estimate of drug-likeness (QED) is 0.870. The number of rotatable bonds is 3. The van der Waals surface area contributed by atoms with Gasteiger partial charge in [-0.3, -0.25) is 4.79 Å². The minimum Gasteiger partial charge on any atom is -0.301 e. The molecule has 2 aromatic rings. The SMILES string of the molecule is Cc1csc(NC(=O)C2(c3ccc(Cl)cc3Cl)CCC2)n1. The smallest absolute Gasteiger partial charge is 0.236 e. The summed E-state index contributed by atoms with van der Waals surface area (Å²) in [5, 5.41) is 6.60. The molecule has 21 heavy (non-hydrogen) atoms. The Bertz CT molecular complexity index is 695. The van der Waals surface area contributed by atoms with Crippen LogP contribution in [0.5, 0.6) is 0 Å². The fourth-order valence-electron chi connectivity index (χ4n) is 2.65. The van der Waals surface area contributed by atoms with Crippen LogP contribution in [0.2, 0.25) is 10.0 Å². The van der Waals surface area contributed by atoms with Crippen LogP contribution in [-0.4, -0.2) is 10.9 Å². The third-order valence-electron chi connectivity index (χ3n) is 3.93. The van der Waals surface area contributed by atoms with Crippen LogP contribution in [-0.2, 0) is 10.2 Å². The Labute approximate surface area is 137 Å². The lowest BCUT2D eigenvalue weighted by Crippen LogP contribution is -2.46. The van der Waals surface area contributed by atoms with Crippen molar-refractivity contribution in [2.24, 2.45) is 0 Å². The average Bonchev–Trinajstić information content (AvgIpc) is 2.76. The number of halogens is 2. The lowest BCUT2D eigenvalue weighted by Gasteiger charge is -2.41. The van der Waals surface area contributed by atoms with Crippen molar-refractivity contribution in [1.82, 2.24) is 4.98 Å². The summed E-state index contributed by atoms with van der Waals surface area (Å²) in [4.78, 5) is 17.0. The zero-order valence-corrected chi connectivity index (χ0v) is 13.8. The van der Waals surface area contributed by atoms with E-state index in [0.717, 1.165) is 30.5 Å². The number of carbonyl (C=O) groups excluding carboxylic acids is 1. The summed E-state index contributed by atoms with van der Waals surface area (Å²) < 4.78 is 0. The van der Waals surface area contributed by atoms with Gasteiger partial charge in [0.1, 0.15) is 0 Å². The van der Waals surface area contributed by atoms with Gasteiger partial charge in [0, 0.05) is 15.4 Å². The van der Waals surface area contributed by atoms with Gasteiger partial charge in [-0.15, -0.1) is 11.3 Å². The number of aryl methyl sites for hydroxylation is 1. The molecule has 1 N–H and O–H groups in total. The van der Waals surface area contributed by atoms with Crippen LogP contribution in [0.15, 0.2) is 23.6 Å². The highest BCUT2D eigenvalue weighted by atomic mass is 35.5. The van der Waals surface area contributed by atoms with Gasteiger partial charge >= 0.3 is 0 Å². The maximum absolute atomic E-state index is 12.7. The van der Waals surface area contributed by atoms with E-state index in [1.165, 1.54) is 11.3 Å². The first kappa shape index (κ1) is 14.8. The molecule has 110 valence electrons. The minimum absolute atomic E-state index is 0.0349. The van der Waals surface area contributed by atoms with Crippen molar-refractivity contribution in [2.45, 2.75) is 31.6 Å². The van der Waals surface area contributed by atoms with Gasteiger partial charge in [-0.25, -0.2) is 4.98 Å². The van der Waals surface area contributed by atoms with E-state index in [4.69, 9.17) is 23.2 Å². The molecule has 1 aliphatic rings. The van der Waals surface area contributed by atoms with Crippen molar-refractivity contribution in [3.8, 4) is 0 Å². The van der Waals surface area contributed by atoms with Crippen molar-refractivity contribution in [1.29, 1.82) is 0 Å². The zero-order chi connectivity index (χ0) is 15.0. The number of nitrogens with one attached hydrogen (secondary N) is 1. The van der Waals surface area contributed by atoms with Crippen molar-refractivity contribution in [3.63, 3.8) is 0 Å². The van der Waals surface area contributed by atoms with Crippen molar-refractivity contribution in [3.05, 3.63) is 44.9 Å². The molecule has 1 aliphatic carbocycles. The molecule has 1 aromatic heterocycles. The molecule has 0 bridgehead atoms. The first-order chi connectivity index (χ1) is 10.0. The maximum atomic E-state index is 12.7. The molecule has 3 nitrogen and oxygen atoms in total. The van der Waals surface area contributed by atoms with Crippen LogP contribution < -0.4 is 5.32 Å². The Morgan fingerprint density at radius 3 is 2.67 bits per heavy atom. The normalized spacial score (nSPS) is 16.3. The van der Waals surface area contributed by atoms with Gasteiger partial charge in [-0.2, -0.15) is 0 Å². The van der Waals surface area contributed by atoms with Crippen LogP contribution in [0.3, 0.4) is 0 Å².